The van der Waals surface area contributed by atoms with Crippen LogP contribution in [0.25, 0.3) is 17.0 Å². The molecule has 1 aromatic heterocycles. The van der Waals surface area contributed by atoms with Gasteiger partial charge in [0.2, 0.25) is 5.91 Å². The van der Waals surface area contributed by atoms with Gasteiger partial charge in [-0.1, -0.05) is 47.5 Å². The molecule has 0 saturated carbocycles. The molecule has 1 aliphatic heterocycles. The van der Waals surface area contributed by atoms with Gasteiger partial charge in [-0.05, 0) is 80.2 Å². The molecule has 2 heterocycles. The molecule has 4 rings (SSSR count). The molecule has 2 N–H and O–H groups in total. The van der Waals surface area contributed by atoms with Crippen molar-refractivity contribution in [2.45, 2.75) is 25.2 Å². The third kappa shape index (κ3) is 5.70. The Hall–Kier alpha value is -2.27. The van der Waals surface area contributed by atoms with Crippen molar-refractivity contribution >= 4 is 46.1 Å². The third-order valence-electron chi connectivity index (χ3n) is 5.97. The molecule has 0 unspecified atom stereocenters. The molecule has 1 aliphatic rings. The number of fused-ring (bicyclic) bond motifs is 1. The fourth-order valence-electron chi connectivity index (χ4n) is 4.26. The number of likely N-dealkylation sites (tertiary alicyclic amines) is 1. The van der Waals surface area contributed by atoms with E-state index in [2.05, 4.69) is 45.7 Å². The summed E-state index contributed by atoms with van der Waals surface area (Å²) < 4.78 is 0. The van der Waals surface area contributed by atoms with Crippen LogP contribution in [0.1, 0.15) is 36.3 Å². The number of nitrogens with zero attached hydrogens (tertiary/aromatic N) is 1. The molecule has 0 aliphatic carbocycles. The first-order valence-corrected chi connectivity index (χ1v) is 11.5. The van der Waals surface area contributed by atoms with Crippen molar-refractivity contribution in [2.75, 3.05) is 26.2 Å². The summed E-state index contributed by atoms with van der Waals surface area (Å²) in [6.45, 7) is 3.90. The molecule has 0 bridgehead atoms. The number of H-pyrrole nitrogens is 1. The van der Waals surface area contributed by atoms with Crippen molar-refractivity contribution in [3.8, 4) is 0 Å². The van der Waals surface area contributed by atoms with Gasteiger partial charge in [-0.15, -0.1) is 0 Å². The Bertz CT molecular complexity index is 1070. The van der Waals surface area contributed by atoms with E-state index in [1.165, 1.54) is 35.4 Å². The monoisotopic (exact) mass is 455 g/mol. The molecule has 2 aromatic carbocycles. The average Bonchev–Trinajstić information content (AvgIpc) is 3.22. The highest BCUT2D eigenvalue weighted by Gasteiger charge is 2.22. The minimum atomic E-state index is -0.0934. The van der Waals surface area contributed by atoms with E-state index < -0.39 is 0 Å². The molecule has 0 spiro atoms. The first-order valence-electron chi connectivity index (χ1n) is 10.8. The fraction of sp³-hybridized carbons (Fsp3) is 0.320. The van der Waals surface area contributed by atoms with Crippen molar-refractivity contribution in [2.24, 2.45) is 0 Å². The first-order chi connectivity index (χ1) is 15.1. The highest BCUT2D eigenvalue weighted by molar-refractivity contribution is 6.42. The van der Waals surface area contributed by atoms with E-state index in [0.717, 1.165) is 31.6 Å². The number of nitrogens with one attached hydrogen (secondary N) is 2. The molecular formula is C25H27Cl2N3O. The lowest BCUT2D eigenvalue weighted by molar-refractivity contribution is -0.116. The summed E-state index contributed by atoms with van der Waals surface area (Å²) in [4.78, 5) is 17.9. The lowest BCUT2D eigenvalue weighted by atomic mass is 9.89. The van der Waals surface area contributed by atoms with E-state index in [1.807, 2.05) is 6.07 Å². The van der Waals surface area contributed by atoms with Gasteiger partial charge in [-0.2, -0.15) is 0 Å². The predicted octanol–water partition coefficient (Wildman–Crippen LogP) is 5.87. The SMILES string of the molecule is O=C(/C=C/c1ccc(Cl)c(Cl)c1)NCCCN1CCC(c2c[nH]c3ccccc23)CC1. The molecular weight excluding hydrogens is 429 g/mol. The molecule has 6 heteroatoms. The van der Waals surface area contributed by atoms with Crippen LogP contribution in [0.3, 0.4) is 0 Å². The fourth-order valence-corrected chi connectivity index (χ4v) is 4.57. The Labute approximate surface area is 193 Å². The Kier molecular flexibility index (Phi) is 7.33. The Morgan fingerprint density at radius 2 is 1.94 bits per heavy atom. The Balaban J connectivity index is 1.16. The second-order valence-corrected chi connectivity index (χ2v) is 8.87. The van der Waals surface area contributed by atoms with Crippen molar-refractivity contribution in [3.05, 3.63) is 75.9 Å². The van der Waals surface area contributed by atoms with Gasteiger partial charge in [0, 0.05) is 29.7 Å². The number of benzene rings is 2. The summed E-state index contributed by atoms with van der Waals surface area (Å²) in [7, 11) is 0. The zero-order valence-corrected chi connectivity index (χ0v) is 18.9. The van der Waals surface area contributed by atoms with Gasteiger partial charge in [0.15, 0.2) is 0 Å². The standard InChI is InChI=1S/C25H27Cl2N3O/c26-22-8-6-18(16-23(22)27)7-9-25(31)28-12-3-13-30-14-10-19(11-15-30)21-17-29-24-5-2-1-4-20(21)24/h1-2,4-9,16-17,19,29H,3,10-15H2,(H,28,31)/b9-7+. The lowest BCUT2D eigenvalue weighted by Gasteiger charge is -2.32. The molecule has 4 nitrogen and oxygen atoms in total. The number of hydrogen-bond donors (Lipinski definition) is 2. The molecule has 0 radical (unpaired) electrons. The predicted molar refractivity (Wildman–Crippen MR) is 130 cm³/mol. The molecule has 1 saturated heterocycles. The third-order valence-corrected chi connectivity index (χ3v) is 6.71. The van der Waals surface area contributed by atoms with Crippen LogP contribution in [0.5, 0.6) is 0 Å². The Morgan fingerprint density at radius 3 is 2.74 bits per heavy atom. The van der Waals surface area contributed by atoms with Crippen LogP contribution in [0, 0.1) is 0 Å². The number of aromatic nitrogens is 1. The molecule has 1 amide bonds. The zero-order valence-electron chi connectivity index (χ0n) is 17.4. The van der Waals surface area contributed by atoms with Crippen LogP contribution in [-0.4, -0.2) is 42.0 Å². The molecule has 3 aromatic rings. The van der Waals surface area contributed by atoms with Crippen LogP contribution in [-0.2, 0) is 4.79 Å². The van der Waals surface area contributed by atoms with Crippen molar-refractivity contribution in [3.63, 3.8) is 0 Å². The van der Waals surface area contributed by atoms with Gasteiger partial charge in [0.05, 0.1) is 10.0 Å². The first kappa shape index (κ1) is 21.9. The normalized spacial score (nSPS) is 15.7. The number of aromatic amines is 1. The zero-order chi connectivity index (χ0) is 21.6. The maximum absolute atomic E-state index is 12.0. The molecule has 1 fully saturated rings. The maximum Gasteiger partial charge on any atom is 0.243 e. The van der Waals surface area contributed by atoms with Crippen LogP contribution in [0.2, 0.25) is 10.0 Å². The number of amides is 1. The molecule has 0 atom stereocenters. The van der Waals surface area contributed by atoms with E-state index in [1.54, 1.807) is 18.2 Å². The summed E-state index contributed by atoms with van der Waals surface area (Å²) in [6, 6.07) is 13.8. The van der Waals surface area contributed by atoms with E-state index >= 15 is 0 Å². The summed E-state index contributed by atoms with van der Waals surface area (Å²) in [5, 5.41) is 5.31. The quantitative estimate of drug-likeness (QED) is 0.345. The number of piperidine rings is 1. The van der Waals surface area contributed by atoms with Crippen LogP contribution >= 0.6 is 23.2 Å². The van der Waals surface area contributed by atoms with Gasteiger partial charge in [0.25, 0.3) is 0 Å². The highest BCUT2D eigenvalue weighted by Crippen LogP contribution is 2.33. The molecule has 31 heavy (non-hydrogen) atoms. The number of halogens is 2. The van der Waals surface area contributed by atoms with Crippen LogP contribution in [0.4, 0.5) is 0 Å². The van der Waals surface area contributed by atoms with E-state index in [9.17, 15) is 4.79 Å². The number of hydrogen-bond acceptors (Lipinski definition) is 2. The van der Waals surface area contributed by atoms with E-state index in [4.69, 9.17) is 23.2 Å². The Morgan fingerprint density at radius 1 is 1.13 bits per heavy atom. The maximum atomic E-state index is 12.0. The number of rotatable bonds is 7. The van der Waals surface area contributed by atoms with Crippen LogP contribution < -0.4 is 5.32 Å². The minimum Gasteiger partial charge on any atom is -0.361 e. The van der Waals surface area contributed by atoms with Gasteiger partial charge >= 0.3 is 0 Å². The topological polar surface area (TPSA) is 48.1 Å². The number of carbonyl (C=O) groups is 1. The highest BCUT2D eigenvalue weighted by atomic mass is 35.5. The van der Waals surface area contributed by atoms with E-state index in [0.29, 0.717) is 22.5 Å². The average molecular weight is 456 g/mol. The summed E-state index contributed by atoms with van der Waals surface area (Å²) in [6.07, 6.45) is 8.77. The van der Waals surface area contributed by atoms with Gasteiger partial charge in [0.1, 0.15) is 0 Å². The second kappa shape index (κ2) is 10.4. The van der Waals surface area contributed by atoms with Crippen LogP contribution in [0.15, 0.2) is 54.7 Å². The number of para-hydroxylation sites is 1. The van der Waals surface area contributed by atoms with E-state index in [-0.39, 0.29) is 5.91 Å². The van der Waals surface area contributed by atoms with Crippen molar-refractivity contribution in [1.29, 1.82) is 0 Å². The smallest absolute Gasteiger partial charge is 0.243 e. The van der Waals surface area contributed by atoms with Gasteiger partial charge in [-0.3, -0.25) is 4.79 Å². The summed E-state index contributed by atoms with van der Waals surface area (Å²) in [5.74, 6) is 0.530. The van der Waals surface area contributed by atoms with Crippen molar-refractivity contribution in [1.82, 2.24) is 15.2 Å². The minimum absolute atomic E-state index is 0.0934. The lowest BCUT2D eigenvalue weighted by Crippen LogP contribution is -2.35. The van der Waals surface area contributed by atoms with Crippen molar-refractivity contribution < 1.29 is 4.79 Å². The summed E-state index contributed by atoms with van der Waals surface area (Å²) in [5.41, 5.74) is 3.53. The second-order valence-electron chi connectivity index (χ2n) is 8.06. The number of carbonyl (C=O) groups excluding carboxylic acids is 1. The largest absolute Gasteiger partial charge is 0.361 e. The van der Waals surface area contributed by atoms with Gasteiger partial charge < -0.3 is 15.2 Å². The molecule has 162 valence electrons. The van der Waals surface area contributed by atoms with Gasteiger partial charge in [-0.25, -0.2) is 0 Å². The summed E-state index contributed by atoms with van der Waals surface area (Å²) >= 11 is 11.9.